The Bertz CT molecular complexity index is 1500. The standard InChI is InChI=1S/C27H35N7O7S/c1-16(2)41-25(20-14-32-23(40-7)15-31-20)18(4)42(36,37)34(27(28)29)33(26(35)19-11-17(3)12-30-13-19)24-21(38-5)9-8-10-22(24)39-6/h8-16,18,25H,1-7H3,(H3,28,29)/t18-,25+/m0/s1. The number of aryl methyl sites for hydroxylation is 1. The number of methoxy groups -OCH3 is 3. The Morgan fingerprint density at radius 2 is 1.62 bits per heavy atom. The summed E-state index contributed by atoms with van der Waals surface area (Å²) in [4.78, 5) is 26.7. The minimum Gasteiger partial charge on any atom is -0.494 e. The Kier molecular flexibility index (Phi) is 10.2. The number of hydrazine groups is 1. The van der Waals surface area contributed by atoms with Gasteiger partial charge in [0.1, 0.15) is 22.9 Å². The molecule has 15 heteroatoms. The van der Waals surface area contributed by atoms with E-state index in [2.05, 4.69) is 15.0 Å². The molecule has 3 aromatic rings. The molecular weight excluding hydrogens is 566 g/mol. The highest BCUT2D eigenvalue weighted by Gasteiger charge is 2.45. The average molecular weight is 602 g/mol. The van der Waals surface area contributed by atoms with Crippen molar-refractivity contribution in [2.75, 3.05) is 26.3 Å². The fourth-order valence-electron chi connectivity index (χ4n) is 4.07. The van der Waals surface area contributed by atoms with Crippen LogP contribution in [0.15, 0.2) is 49.1 Å². The first kappa shape index (κ1) is 32.0. The lowest BCUT2D eigenvalue weighted by Crippen LogP contribution is -2.58. The Morgan fingerprint density at radius 3 is 2.10 bits per heavy atom. The third-order valence-corrected chi connectivity index (χ3v) is 8.05. The van der Waals surface area contributed by atoms with Crippen molar-refractivity contribution in [3.8, 4) is 17.4 Å². The lowest BCUT2D eigenvalue weighted by atomic mass is 10.2. The number of para-hydroxylation sites is 1. The summed E-state index contributed by atoms with van der Waals surface area (Å²) < 4.78 is 51.4. The van der Waals surface area contributed by atoms with Crippen molar-refractivity contribution in [3.63, 3.8) is 0 Å². The topological polar surface area (TPSA) is 183 Å². The van der Waals surface area contributed by atoms with Gasteiger partial charge in [-0.05, 0) is 51.5 Å². The highest BCUT2D eigenvalue weighted by Crippen LogP contribution is 2.41. The second-order valence-corrected chi connectivity index (χ2v) is 11.5. The lowest BCUT2D eigenvalue weighted by molar-refractivity contribution is 0.00323. The molecule has 3 rings (SSSR count). The number of aromatic nitrogens is 3. The van der Waals surface area contributed by atoms with Crippen LogP contribution in [0.2, 0.25) is 0 Å². The van der Waals surface area contributed by atoms with Gasteiger partial charge < -0.3 is 24.7 Å². The summed E-state index contributed by atoms with van der Waals surface area (Å²) >= 11 is 0. The van der Waals surface area contributed by atoms with Gasteiger partial charge in [0, 0.05) is 12.4 Å². The zero-order valence-corrected chi connectivity index (χ0v) is 25.2. The Morgan fingerprint density at radius 1 is 0.976 bits per heavy atom. The normalized spacial score (nSPS) is 12.8. The number of carbonyl (C=O) groups excluding carboxylic acids is 1. The van der Waals surface area contributed by atoms with Crippen molar-refractivity contribution in [3.05, 3.63) is 65.9 Å². The summed E-state index contributed by atoms with van der Waals surface area (Å²) in [5.41, 5.74) is 6.70. The van der Waals surface area contributed by atoms with Gasteiger partial charge in [0.15, 0.2) is 5.69 Å². The number of carbonyl (C=O) groups is 1. The quantitative estimate of drug-likeness (QED) is 0.187. The van der Waals surface area contributed by atoms with Crippen LogP contribution in [0.5, 0.6) is 17.4 Å². The third kappa shape index (κ3) is 6.69. The molecule has 42 heavy (non-hydrogen) atoms. The van der Waals surface area contributed by atoms with Gasteiger partial charge in [-0.25, -0.2) is 13.4 Å². The number of nitrogens with two attached hydrogens (primary N) is 1. The first-order chi connectivity index (χ1) is 19.9. The minimum absolute atomic E-state index is 0.0214. The van der Waals surface area contributed by atoms with E-state index in [9.17, 15) is 13.2 Å². The number of benzene rings is 1. The van der Waals surface area contributed by atoms with Crippen LogP contribution in [-0.2, 0) is 14.8 Å². The van der Waals surface area contributed by atoms with Crippen molar-refractivity contribution in [1.29, 1.82) is 5.41 Å². The van der Waals surface area contributed by atoms with Gasteiger partial charge in [-0.15, -0.1) is 4.41 Å². The molecule has 0 aliphatic carbocycles. The molecule has 226 valence electrons. The highest BCUT2D eigenvalue weighted by atomic mass is 32.2. The summed E-state index contributed by atoms with van der Waals surface area (Å²) in [5.74, 6) is -1.48. The van der Waals surface area contributed by atoms with E-state index in [1.54, 1.807) is 26.8 Å². The molecule has 0 saturated carbocycles. The highest BCUT2D eigenvalue weighted by molar-refractivity contribution is 7.90. The van der Waals surface area contributed by atoms with Gasteiger partial charge in [-0.1, -0.05) is 6.07 Å². The third-order valence-electron chi connectivity index (χ3n) is 6.02. The maximum atomic E-state index is 14.5. The Labute approximate surface area is 244 Å². The van der Waals surface area contributed by atoms with Gasteiger partial charge in [0.2, 0.25) is 11.8 Å². The van der Waals surface area contributed by atoms with Crippen LogP contribution in [0.25, 0.3) is 0 Å². The number of hydrogen-bond donors (Lipinski definition) is 2. The molecule has 0 spiro atoms. The number of guanidine groups is 1. The van der Waals surface area contributed by atoms with Crippen LogP contribution in [0.1, 0.15) is 48.5 Å². The van der Waals surface area contributed by atoms with E-state index in [0.717, 1.165) is 5.01 Å². The van der Waals surface area contributed by atoms with Crippen molar-refractivity contribution in [1.82, 2.24) is 19.4 Å². The van der Waals surface area contributed by atoms with Gasteiger partial charge in [-0.3, -0.25) is 20.2 Å². The fraction of sp³-hybridized carbons (Fsp3) is 0.370. The van der Waals surface area contributed by atoms with E-state index in [1.807, 2.05) is 0 Å². The van der Waals surface area contributed by atoms with E-state index in [-0.39, 0.29) is 34.3 Å². The summed E-state index contributed by atoms with van der Waals surface area (Å²) in [6, 6.07) is 6.15. The summed E-state index contributed by atoms with van der Waals surface area (Å²) in [6.07, 6.45) is 3.85. The molecule has 0 aliphatic heterocycles. The summed E-state index contributed by atoms with van der Waals surface area (Å²) in [5, 5.41) is 7.71. The van der Waals surface area contributed by atoms with Crippen molar-refractivity contribution in [2.45, 2.75) is 45.2 Å². The van der Waals surface area contributed by atoms with Crippen molar-refractivity contribution in [2.24, 2.45) is 5.73 Å². The smallest absolute Gasteiger partial charge is 0.279 e. The van der Waals surface area contributed by atoms with Gasteiger partial charge in [0.25, 0.3) is 15.9 Å². The van der Waals surface area contributed by atoms with Crippen LogP contribution >= 0.6 is 0 Å². The molecule has 1 aromatic carbocycles. The number of anilines is 1. The van der Waals surface area contributed by atoms with E-state index in [1.165, 1.54) is 71.2 Å². The molecule has 1 amide bonds. The Hall–Kier alpha value is -4.50. The number of nitrogens with zero attached hydrogens (tertiary/aromatic N) is 5. The van der Waals surface area contributed by atoms with Crippen LogP contribution in [0, 0.1) is 12.3 Å². The predicted molar refractivity (Wildman–Crippen MR) is 155 cm³/mol. The minimum atomic E-state index is -4.74. The molecule has 0 fully saturated rings. The number of sulfonamides is 1. The SMILES string of the molecule is COc1cnc([C@H](OC(C)C)[C@H](C)S(=O)(=O)N(C(=N)N)N(C(=O)c2cncc(C)c2)c2c(OC)cccc2OC)cn1. The van der Waals surface area contributed by atoms with Crippen LogP contribution in [-0.4, -0.2) is 72.3 Å². The number of ether oxygens (including phenoxy) is 4. The monoisotopic (exact) mass is 601 g/mol. The maximum Gasteiger partial charge on any atom is 0.279 e. The molecule has 3 N–H and O–H groups in total. The molecule has 2 atom stereocenters. The number of nitrogens with one attached hydrogen (secondary N) is 1. The van der Waals surface area contributed by atoms with Gasteiger partial charge in [-0.2, -0.15) is 5.01 Å². The maximum absolute atomic E-state index is 14.5. The zero-order valence-electron chi connectivity index (χ0n) is 24.4. The van der Waals surface area contributed by atoms with E-state index in [4.69, 9.17) is 30.1 Å². The molecule has 2 aromatic heterocycles. The average Bonchev–Trinajstić information content (AvgIpc) is 2.97. The number of pyridine rings is 1. The first-order valence-electron chi connectivity index (χ1n) is 12.7. The van der Waals surface area contributed by atoms with Crippen LogP contribution in [0.4, 0.5) is 5.69 Å². The first-order valence-corrected chi connectivity index (χ1v) is 14.2. The van der Waals surface area contributed by atoms with Gasteiger partial charge >= 0.3 is 0 Å². The number of amides is 1. The molecule has 14 nitrogen and oxygen atoms in total. The van der Waals surface area contributed by atoms with Crippen molar-refractivity contribution >= 4 is 27.6 Å². The molecule has 0 radical (unpaired) electrons. The zero-order chi connectivity index (χ0) is 31.2. The number of rotatable bonds is 11. The van der Waals surface area contributed by atoms with E-state index in [0.29, 0.717) is 9.98 Å². The largest absolute Gasteiger partial charge is 0.494 e. The van der Waals surface area contributed by atoms with Gasteiger partial charge in [0.05, 0.1) is 51.1 Å². The molecular formula is C27H35N7O7S. The predicted octanol–water partition coefficient (Wildman–Crippen LogP) is 2.85. The molecule has 0 saturated heterocycles. The van der Waals surface area contributed by atoms with Crippen molar-refractivity contribution < 1.29 is 32.2 Å². The molecule has 0 bridgehead atoms. The summed E-state index contributed by atoms with van der Waals surface area (Å²) in [7, 11) is -0.621. The fourth-order valence-corrected chi connectivity index (χ4v) is 5.56. The molecule has 0 unspecified atom stereocenters. The second kappa shape index (κ2) is 13.4. The lowest BCUT2D eigenvalue weighted by Gasteiger charge is -2.38. The molecule has 2 heterocycles. The summed E-state index contributed by atoms with van der Waals surface area (Å²) in [6.45, 7) is 6.54. The van der Waals surface area contributed by atoms with Crippen LogP contribution < -0.4 is 25.0 Å². The Balaban J connectivity index is 2.29. The van der Waals surface area contributed by atoms with Crippen LogP contribution in [0.3, 0.4) is 0 Å². The second-order valence-electron chi connectivity index (χ2n) is 9.35. The molecule has 0 aliphatic rings. The van der Waals surface area contributed by atoms with E-state index >= 15 is 0 Å². The van der Waals surface area contributed by atoms with E-state index < -0.39 is 39.3 Å². The number of hydrogen-bond acceptors (Lipinski definition) is 11.